The first-order valence-electron chi connectivity index (χ1n) is 6.15. The van der Waals surface area contributed by atoms with E-state index >= 15 is 0 Å². The van der Waals surface area contributed by atoms with Gasteiger partial charge in [0.2, 0.25) is 0 Å². The molecule has 0 aliphatic carbocycles. The number of carbonyl (C=O) groups is 1. The fraction of sp³-hybridized carbons (Fsp3) is 0.133. The number of aromatic hydroxyl groups is 1. The van der Waals surface area contributed by atoms with Crippen molar-refractivity contribution in [2.45, 2.75) is 12.8 Å². The van der Waals surface area contributed by atoms with Crippen LogP contribution in [0, 0.1) is 0 Å². The highest BCUT2D eigenvalue weighted by atomic mass is 16.4. The molecular formula is C15H14N2O3. The number of hydrogen-bond donors (Lipinski definition) is 2. The smallest absolute Gasteiger partial charge is 0.303 e. The molecule has 0 saturated heterocycles. The van der Waals surface area contributed by atoms with Crippen molar-refractivity contribution in [1.29, 1.82) is 0 Å². The zero-order valence-electron chi connectivity index (χ0n) is 10.7. The van der Waals surface area contributed by atoms with Gasteiger partial charge in [0.15, 0.2) is 0 Å². The van der Waals surface area contributed by atoms with E-state index in [1.54, 1.807) is 24.3 Å². The minimum Gasteiger partial charge on any atom is -0.506 e. The maximum absolute atomic E-state index is 10.5. The van der Waals surface area contributed by atoms with Gasteiger partial charge in [-0.3, -0.25) is 4.79 Å². The zero-order chi connectivity index (χ0) is 14.4. The maximum atomic E-state index is 10.5. The van der Waals surface area contributed by atoms with Gasteiger partial charge in [-0.2, -0.15) is 5.11 Å². The van der Waals surface area contributed by atoms with Crippen molar-refractivity contribution in [1.82, 2.24) is 0 Å². The predicted octanol–water partition coefficient (Wildman–Crippen LogP) is 3.82. The summed E-state index contributed by atoms with van der Waals surface area (Å²) in [7, 11) is 0. The Morgan fingerprint density at radius 2 is 1.80 bits per heavy atom. The third kappa shape index (κ3) is 3.91. The number of rotatable bonds is 5. The van der Waals surface area contributed by atoms with Crippen LogP contribution in [0.2, 0.25) is 0 Å². The average molecular weight is 270 g/mol. The standard InChI is InChI=1S/C15H14N2O3/c18-14-8-6-11(7-9-15(19)20)10-13(14)17-16-12-4-2-1-3-5-12/h1-6,8,10,18H,7,9H2,(H,19,20)/b17-16+. The molecule has 0 atom stereocenters. The number of phenolic OH excluding ortho intramolecular Hbond substituents is 1. The molecular weight excluding hydrogens is 256 g/mol. The van der Waals surface area contributed by atoms with Gasteiger partial charge in [0, 0.05) is 6.42 Å². The van der Waals surface area contributed by atoms with Crippen molar-refractivity contribution < 1.29 is 15.0 Å². The lowest BCUT2D eigenvalue weighted by Crippen LogP contribution is -1.97. The normalized spacial score (nSPS) is 10.8. The summed E-state index contributed by atoms with van der Waals surface area (Å²) in [5, 5.41) is 26.4. The first-order chi connectivity index (χ1) is 9.65. The molecule has 0 fully saturated rings. The van der Waals surface area contributed by atoms with Gasteiger partial charge >= 0.3 is 5.97 Å². The number of azo groups is 1. The molecule has 0 spiro atoms. The minimum atomic E-state index is -0.856. The summed E-state index contributed by atoms with van der Waals surface area (Å²) in [6.45, 7) is 0. The summed E-state index contributed by atoms with van der Waals surface area (Å²) in [6.07, 6.45) is 0.434. The van der Waals surface area contributed by atoms with Gasteiger partial charge < -0.3 is 10.2 Å². The summed E-state index contributed by atoms with van der Waals surface area (Å²) in [5.74, 6) is -0.839. The fourth-order valence-corrected chi connectivity index (χ4v) is 1.66. The third-order valence-corrected chi connectivity index (χ3v) is 2.70. The van der Waals surface area contributed by atoms with E-state index in [4.69, 9.17) is 5.11 Å². The molecule has 102 valence electrons. The topological polar surface area (TPSA) is 82.2 Å². The van der Waals surface area contributed by atoms with Crippen LogP contribution in [-0.4, -0.2) is 16.2 Å². The van der Waals surface area contributed by atoms with Crippen LogP contribution in [0.25, 0.3) is 0 Å². The molecule has 2 N–H and O–H groups in total. The second kappa shape index (κ2) is 6.47. The molecule has 0 unspecified atom stereocenters. The average Bonchev–Trinajstić information content (AvgIpc) is 2.46. The Bertz CT molecular complexity index is 624. The Morgan fingerprint density at radius 3 is 2.50 bits per heavy atom. The number of aryl methyl sites for hydroxylation is 1. The van der Waals surface area contributed by atoms with Crippen LogP contribution in [-0.2, 0) is 11.2 Å². The van der Waals surface area contributed by atoms with E-state index in [0.29, 0.717) is 17.8 Å². The van der Waals surface area contributed by atoms with Crippen LogP contribution >= 0.6 is 0 Å². The van der Waals surface area contributed by atoms with Crippen molar-refractivity contribution in [3.05, 3.63) is 54.1 Å². The van der Waals surface area contributed by atoms with Gasteiger partial charge in [-0.25, -0.2) is 0 Å². The molecule has 0 amide bonds. The summed E-state index contributed by atoms with van der Waals surface area (Å²) in [4.78, 5) is 10.5. The second-order valence-electron chi connectivity index (χ2n) is 4.25. The van der Waals surface area contributed by atoms with Crippen LogP contribution < -0.4 is 0 Å². The Hall–Kier alpha value is -2.69. The number of carboxylic acids is 1. The molecule has 5 heteroatoms. The molecule has 0 aliphatic heterocycles. The van der Waals surface area contributed by atoms with Crippen LogP contribution in [0.4, 0.5) is 11.4 Å². The molecule has 2 aromatic rings. The lowest BCUT2D eigenvalue weighted by atomic mass is 10.1. The molecule has 2 rings (SSSR count). The molecule has 0 bridgehead atoms. The highest BCUT2D eigenvalue weighted by Crippen LogP contribution is 2.29. The van der Waals surface area contributed by atoms with Crippen molar-refractivity contribution in [3.8, 4) is 5.75 Å². The van der Waals surface area contributed by atoms with Gasteiger partial charge in [-0.05, 0) is 36.2 Å². The Morgan fingerprint density at radius 1 is 1.05 bits per heavy atom. The molecule has 0 saturated carbocycles. The summed E-state index contributed by atoms with van der Waals surface area (Å²) < 4.78 is 0. The van der Waals surface area contributed by atoms with Crippen LogP contribution in [0.1, 0.15) is 12.0 Å². The van der Waals surface area contributed by atoms with Gasteiger partial charge in [-0.1, -0.05) is 24.3 Å². The number of benzene rings is 2. The molecule has 0 heterocycles. The van der Waals surface area contributed by atoms with E-state index in [-0.39, 0.29) is 12.2 Å². The van der Waals surface area contributed by atoms with Crippen LogP contribution in [0.3, 0.4) is 0 Å². The van der Waals surface area contributed by atoms with E-state index in [2.05, 4.69) is 10.2 Å². The van der Waals surface area contributed by atoms with Crippen molar-refractivity contribution in [3.63, 3.8) is 0 Å². The second-order valence-corrected chi connectivity index (χ2v) is 4.25. The van der Waals surface area contributed by atoms with Crippen molar-refractivity contribution in [2.24, 2.45) is 10.2 Å². The van der Waals surface area contributed by atoms with Gasteiger partial charge in [0.1, 0.15) is 11.4 Å². The quantitative estimate of drug-likeness (QED) is 0.810. The van der Waals surface area contributed by atoms with E-state index in [0.717, 1.165) is 5.56 Å². The molecule has 2 aromatic carbocycles. The highest BCUT2D eigenvalue weighted by Gasteiger charge is 2.04. The SMILES string of the molecule is O=C(O)CCc1ccc(O)c(/N=N/c2ccccc2)c1. The van der Waals surface area contributed by atoms with Crippen molar-refractivity contribution in [2.75, 3.05) is 0 Å². The first kappa shape index (κ1) is 13.7. The maximum Gasteiger partial charge on any atom is 0.303 e. The Labute approximate surface area is 116 Å². The van der Waals surface area contributed by atoms with Crippen LogP contribution in [0.15, 0.2) is 58.8 Å². The van der Waals surface area contributed by atoms with E-state index in [1.807, 2.05) is 18.2 Å². The van der Waals surface area contributed by atoms with Gasteiger partial charge in [-0.15, -0.1) is 5.11 Å². The number of nitrogens with zero attached hydrogens (tertiary/aromatic N) is 2. The zero-order valence-corrected chi connectivity index (χ0v) is 10.7. The van der Waals surface area contributed by atoms with Gasteiger partial charge in [0.05, 0.1) is 5.69 Å². The largest absolute Gasteiger partial charge is 0.506 e. The third-order valence-electron chi connectivity index (χ3n) is 2.70. The van der Waals surface area contributed by atoms with E-state index < -0.39 is 5.97 Å². The van der Waals surface area contributed by atoms with Crippen molar-refractivity contribution >= 4 is 17.3 Å². The van der Waals surface area contributed by atoms with E-state index in [9.17, 15) is 9.90 Å². The Kier molecular flexibility index (Phi) is 4.44. The van der Waals surface area contributed by atoms with Gasteiger partial charge in [0.25, 0.3) is 0 Å². The lowest BCUT2D eigenvalue weighted by molar-refractivity contribution is -0.136. The minimum absolute atomic E-state index is 0.0174. The first-order valence-corrected chi connectivity index (χ1v) is 6.15. The molecule has 0 aromatic heterocycles. The summed E-state index contributed by atoms with van der Waals surface area (Å²) in [5.41, 5.74) is 1.81. The number of phenols is 1. The fourth-order valence-electron chi connectivity index (χ4n) is 1.66. The Balaban J connectivity index is 2.16. The highest BCUT2D eigenvalue weighted by molar-refractivity contribution is 5.67. The molecule has 5 nitrogen and oxygen atoms in total. The number of hydrogen-bond acceptors (Lipinski definition) is 4. The summed E-state index contributed by atoms with van der Waals surface area (Å²) >= 11 is 0. The lowest BCUT2D eigenvalue weighted by Gasteiger charge is -2.02. The summed E-state index contributed by atoms with van der Waals surface area (Å²) in [6, 6.07) is 14.0. The number of aliphatic carboxylic acids is 1. The van der Waals surface area contributed by atoms with E-state index in [1.165, 1.54) is 6.07 Å². The number of carboxylic acid groups (broad SMARTS) is 1. The molecule has 0 radical (unpaired) electrons. The monoisotopic (exact) mass is 270 g/mol. The molecule has 0 aliphatic rings. The predicted molar refractivity (Wildman–Crippen MR) is 74.7 cm³/mol. The van der Waals surface area contributed by atoms with Crippen LogP contribution in [0.5, 0.6) is 5.75 Å². The molecule has 20 heavy (non-hydrogen) atoms.